The van der Waals surface area contributed by atoms with E-state index in [4.69, 9.17) is 5.73 Å². The first kappa shape index (κ1) is 41.9. The summed E-state index contributed by atoms with van der Waals surface area (Å²) in [6.07, 6.45) is 15.8. The van der Waals surface area contributed by atoms with E-state index >= 15 is 0 Å². The van der Waals surface area contributed by atoms with Crippen LogP contribution in [0.15, 0.2) is 182 Å². The van der Waals surface area contributed by atoms with Gasteiger partial charge in [0.25, 0.3) is 0 Å². The minimum absolute atomic E-state index is 0.00633. The van der Waals surface area contributed by atoms with Crippen LogP contribution in [0.2, 0.25) is 0 Å². The molecule has 0 amide bonds. The molecule has 0 radical (unpaired) electrons. The van der Waals surface area contributed by atoms with Crippen LogP contribution in [0.25, 0.3) is 0 Å². The Morgan fingerprint density at radius 3 is 2.02 bits per heavy atom. The Labute approximate surface area is 367 Å². The van der Waals surface area contributed by atoms with E-state index in [1.54, 1.807) is 43.0 Å². The summed E-state index contributed by atoms with van der Waals surface area (Å²) in [5.74, 6) is 2.20. The number of hydrogen-bond acceptors (Lipinski definition) is 12. The highest BCUT2D eigenvalue weighted by molar-refractivity contribution is 7.91. The topological polar surface area (TPSA) is 168 Å². The van der Waals surface area contributed by atoms with E-state index in [2.05, 4.69) is 59.1 Å². The van der Waals surface area contributed by atoms with Crippen LogP contribution in [0, 0.1) is 11.3 Å². The van der Waals surface area contributed by atoms with Gasteiger partial charge in [0.2, 0.25) is 0 Å². The second-order valence-corrected chi connectivity index (χ2v) is 17.1. The molecule has 6 aromatic heterocycles. The highest BCUT2D eigenvalue weighted by Gasteiger charge is 2.31. The van der Waals surface area contributed by atoms with Gasteiger partial charge < -0.3 is 15.5 Å². The number of fused-ring (bicyclic) bond motifs is 1. The highest BCUT2D eigenvalue weighted by Crippen LogP contribution is 2.39. The Morgan fingerprint density at radius 1 is 0.683 bits per heavy atom. The maximum absolute atomic E-state index is 12.7. The number of aromatic nitrogens is 6. The molecule has 0 saturated heterocycles. The second-order valence-electron chi connectivity index (χ2n) is 15.0. The second kappa shape index (κ2) is 19.3. The van der Waals surface area contributed by atoms with Gasteiger partial charge in [0.1, 0.15) is 17.5 Å². The number of hydrogen-bond donors (Lipinski definition) is 1. The predicted molar refractivity (Wildman–Crippen MR) is 246 cm³/mol. The standard InChI is InChI=1S/C27H22N4O2S.C23H22N6/c28-18-20-9-11-21(12-10-20)24(23-6-3-13-29-19-23)17-22-5-4-14-30-27(22)31-15-16-34(32,33)26-8-2-1-7-25(26)31;1-29(19-8-5-12-26-16-19)23-17(6-4-13-27-23)14-20(18-7-3-11-25-15-18)21-9-2-10-22(24)28-21/h1-14,19,24H,15-17H2;2-13,15-16,20H,14H2,1H3,(H2,24,28). The van der Waals surface area contributed by atoms with Crippen molar-refractivity contribution in [2.24, 2.45) is 0 Å². The zero-order valence-electron chi connectivity index (χ0n) is 34.6. The lowest BCUT2D eigenvalue weighted by molar-refractivity contribution is 0.592. The van der Waals surface area contributed by atoms with Crippen LogP contribution in [0.1, 0.15) is 50.9 Å². The number of para-hydroxylation sites is 1. The molecule has 2 atom stereocenters. The normalized spacial score (nSPS) is 13.6. The third-order valence-corrected chi connectivity index (χ3v) is 12.8. The Kier molecular flexibility index (Phi) is 12.8. The Morgan fingerprint density at radius 2 is 1.33 bits per heavy atom. The lowest BCUT2D eigenvalue weighted by Gasteiger charge is -2.32. The molecule has 2 N–H and O–H groups in total. The molecule has 9 rings (SSSR count). The van der Waals surface area contributed by atoms with Crippen molar-refractivity contribution in [3.8, 4) is 6.07 Å². The highest BCUT2D eigenvalue weighted by atomic mass is 32.2. The van der Waals surface area contributed by atoms with Crippen LogP contribution < -0.4 is 15.5 Å². The first-order valence-corrected chi connectivity index (χ1v) is 22.1. The fourth-order valence-corrected chi connectivity index (χ4v) is 9.31. The van der Waals surface area contributed by atoms with Crippen molar-refractivity contribution in [3.05, 3.63) is 216 Å². The van der Waals surface area contributed by atoms with E-state index in [9.17, 15) is 13.7 Å². The summed E-state index contributed by atoms with van der Waals surface area (Å²) >= 11 is 0. The minimum atomic E-state index is -3.32. The van der Waals surface area contributed by atoms with Crippen LogP contribution in [-0.4, -0.2) is 57.7 Å². The van der Waals surface area contributed by atoms with E-state index in [-0.39, 0.29) is 17.6 Å². The summed E-state index contributed by atoms with van der Waals surface area (Å²) in [7, 11) is -1.31. The number of sulfone groups is 1. The lowest BCUT2D eigenvalue weighted by Crippen LogP contribution is -2.33. The summed E-state index contributed by atoms with van der Waals surface area (Å²) in [5, 5.41) is 9.20. The van der Waals surface area contributed by atoms with Crippen LogP contribution in [0.4, 0.5) is 28.8 Å². The van der Waals surface area contributed by atoms with E-state index in [0.29, 0.717) is 34.9 Å². The van der Waals surface area contributed by atoms with Gasteiger partial charge >= 0.3 is 0 Å². The summed E-state index contributed by atoms with van der Waals surface area (Å²) in [6, 6.07) is 42.6. The molecule has 0 bridgehead atoms. The number of anilines is 5. The number of rotatable bonds is 11. The van der Waals surface area contributed by atoms with Crippen molar-refractivity contribution in [1.82, 2.24) is 29.9 Å². The largest absolute Gasteiger partial charge is 0.384 e. The zero-order valence-corrected chi connectivity index (χ0v) is 35.4. The van der Waals surface area contributed by atoms with Crippen LogP contribution in [0.3, 0.4) is 0 Å². The molecule has 63 heavy (non-hydrogen) atoms. The molecule has 312 valence electrons. The van der Waals surface area contributed by atoms with Gasteiger partial charge in [-0.05, 0) is 113 Å². The summed E-state index contributed by atoms with van der Waals surface area (Å²) in [6.45, 7) is 0.345. The molecule has 2 aromatic carbocycles. The van der Waals surface area contributed by atoms with Crippen molar-refractivity contribution in [3.63, 3.8) is 0 Å². The van der Waals surface area contributed by atoms with Crippen LogP contribution >= 0.6 is 0 Å². The predicted octanol–water partition coefficient (Wildman–Crippen LogP) is 8.64. The number of pyridine rings is 6. The number of nitriles is 1. The van der Waals surface area contributed by atoms with Crippen molar-refractivity contribution >= 4 is 38.7 Å². The van der Waals surface area contributed by atoms with E-state index in [1.807, 2.05) is 128 Å². The Bertz CT molecular complexity index is 2930. The Balaban J connectivity index is 0.000000175. The molecule has 7 heterocycles. The molecular weight excluding hydrogens is 805 g/mol. The number of nitrogens with two attached hydrogens (primary N) is 1. The maximum Gasteiger partial charge on any atom is 0.182 e. The van der Waals surface area contributed by atoms with Gasteiger partial charge in [-0.2, -0.15) is 5.26 Å². The van der Waals surface area contributed by atoms with Crippen LogP contribution in [0.5, 0.6) is 0 Å². The number of nitrogen functional groups attached to an aromatic ring is 1. The SMILES string of the molecule is CN(c1cccnc1)c1ncccc1CC(c1cccnc1)c1cccc(N)n1.N#Cc1ccc(C(Cc2cccnc2N2CCS(=O)(=O)c3ccccc32)c2cccnc2)cc1. The molecule has 0 aliphatic carbocycles. The lowest BCUT2D eigenvalue weighted by atomic mass is 9.86. The molecular formula is C50H44N10O2S. The Hall–Kier alpha value is -7.82. The molecule has 0 spiro atoms. The molecule has 1 aliphatic heterocycles. The van der Waals surface area contributed by atoms with Crippen molar-refractivity contribution in [2.45, 2.75) is 29.6 Å². The number of benzene rings is 2. The molecule has 1 aliphatic rings. The third kappa shape index (κ3) is 9.72. The fourth-order valence-electron chi connectivity index (χ4n) is 7.88. The van der Waals surface area contributed by atoms with Crippen molar-refractivity contribution in [1.29, 1.82) is 5.26 Å². The van der Waals surface area contributed by atoms with Gasteiger partial charge in [0.15, 0.2) is 9.84 Å². The molecule has 2 unspecified atom stereocenters. The monoisotopic (exact) mass is 848 g/mol. The summed E-state index contributed by atoms with van der Waals surface area (Å²) < 4.78 is 25.3. The van der Waals surface area contributed by atoms with Crippen molar-refractivity contribution in [2.75, 3.05) is 34.9 Å². The van der Waals surface area contributed by atoms with E-state index in [1.165, 1.54) is 0 Å². The minimum Gasteiger partial charge on any atom is -0.384 e. The first-order valence-electron chi connectivity index (χ1n) is 20.4. The smallest absolute Gasteiger partial charge is 0.182 e. The van der Waals surface area contributed by atoms with E-state index in [0.717, 1.165) is 57.3 Å². The zero-order chi connectivity index (χ0) is 43.6. The molecule has 0 fully saturated rings. The van der Waals surface area contributed by atoms with Crippen molar-refractivity contribution < 1.29 is 8.42 Å². The molecule has 13 heteroatoms. The van der Waals surface area contributed by atoms with Gasteiger partial charge in [0, 0.05) is 68.8 Å². The summed E-state index contributed by atoms with van der Waals surface area (Å²) in [4.78, 5) is 31.2. The molecule has 8 aromatic rings. The molecule has 0 saturated carbocycles. The van der Waals surface area contributed by atoms with E-state index < -0.39 is 9.84 Å². The fraction of sp³-hybridized carbons (Fsp3) is 0.140. The average molecular weight is 849 g/mol. The van der Waals surface area contributed by atoms with Gasteiger partial charge in [-0.25, -0.2) is 23.4 Å². The summed E-state index contributed by atoms with van der Waals surface area (Å²) in [5.41, 5.74) is 14.5. The maximum atomic E-state index is 12.7. The number of nitrogens with zero attached hydrogens (tertiary/aromatic N) is 9. The van der Waals surface area contributed by atoms with Gasteiger partial charge in [-0.1, -0.05) is 54.6 Å². The van der Waals surface area contributed by atoms with Gasteiger partial charge in [0.05, 0.1) is 45.5 Å². The first-order chi connectivity index (χ1) is 30.8. The third-order valence-electron chi connectivity index (χ3n) is 11.0. The van der Waals surface area contributed by atoms with Crippen LogP contribution in [-0.2, 0) is 22.7 Å². The van der Waals surface area contributed by atoms with Gasteiger partial charge in [-0.15, -0.1) is 0 Å². The van der Waals surface area contributed by atoms with Gasteiger partial charge in [-0.3, -0.25) is 15.0 Å². The quantitative estimate of drug-likeness (QED) is 0.132. The molecule has 12 nitrogen and oxygen atoms in total. The average Bonchev–Trinajstić information content (AvgIpc) is 3.34.